The van der Waals surface area contributed by atoms with Crippen LogP contribution in [0.5, 0.6) is 0 Å². The molecule has 1 aliphatic rings. The molecule has 2 nitrogen and oxygen atoms in total. The Morgan fingerprint density at radius 3 is 3.00 bits per heavy atom. The summed E-state index contributed by atoms with van der Waals surface area (Å²) in [5.41, 5.74) is 0. The highest BCUT2D eigenvalue weighted by Gasteiger charge is 2.23. The molecule has 0 bridgehead atoms. The van der Waals surface area contributed by atoms with Crippen molar-refractivity contribution >= 4 is 39.0 Å². The molecular formula is C14H23BrN2S2. The van der Waals surface area contributed by atoms with E-state index in [9.17, 15) is 0 Å². The third kappa shape index (κ3) is 5.76. The van der Waals surface area contributed by atoms with Crippen LogP contribution < -0.4 is 5.32 Å². The standard InChI is InChI=1S/C14H23BrN2S2/c1-14(2)3-5-17(7-8-19-14)6-4-16-10-13-9-12(15)11-18-13/h9,11,16H,3-8,10H2,1-2H3. The van der Waals surface area contributed by atoms with Gasteiger partial charge in [-0.25, -0.2) is 0 Å². The summed E-state index contributed by atoms with van der Waals surface area (Å²) in [4.78, 5) is 4.00. The number of hydrogen-bond acceptors (Lipinski definition) is 4. The molecule has 0 spiro atoms. The Hall–Kier alpha value is 0.450. The zero-order valence-corrected chi connectivity index (χ0v) is 15.0. The predicted octanol–water partition coefficient (Wildman–Crippen LogP) is 3.82. The maximum atomic E-state index is 3.54. The Labute approximate surface area is 133 Å². The third-order valence-corrected chi connectivity index (χ3v) is 6.53. The van der Waals surface area contributed by atoms with Gasteiger partial charge in [-0.3, -0.25) is 0 Å². The smallest absolute Gasteiger partial charge is 0.0300 e. The first-order valence-electron chi connectivity index (χ1n) is 6.85. The van der Waals surface area contributed by atoms with Gasteiger partial charge in [0.2, 0.25) is 0 Å². The summed E-state index contributed by atoms with van der Waals surface area (Å²) in [6.45, 7) is 10.5. The maximum Gasteiger partial charge on any atom is 0.0300 e. The molecule has 108 valence electrons. The van der Waals surface area contributed by atoms with E-state index < -0.39 is 0 Å². The highest BCUT2D eigenvalue weighted by Crippen LogP contribution is 2.30. The summed E-state index contributed by atoms with van der Waals surface area (Å²) < 4.78 is 1.66. The van der Waals surface area contributed by atoms with Gasteiger partial charge in [0.15, 0.2) is 0 Å². The zero-order valence-electron chi connectivity index (χ0n) is 11.7. The highest BCUT2D eigenvalue weighted by molar-refractivity contribution is 9.10. The van der Waals surface area contributed by atoms with Gasteiger partial charge in [-0.15, -0.1) is 11.3 Å². The summed E-state index contributed by atoms with van der Waals surface area (Å²) in [6.07, 6.45) is 1.30. The summed E-state index contributed by atoms with van der Waals surface area (Å²) in [6, 6.07) is 2.20. The number of halogens is 1. The Kier molecular flexibility index (Phi) is 6.21. The molecule has 0 radical (unpaired) electrons. The first-order valence-corrected chi connectivity index (χ1v) is 9.51. The number of thiophene rings is 1. The molecular weight excluding hydrogens is 340 g/mol. The molecule has 2 heterocycles. The maximum absolute atomic E-state index is 3.54. The average Bonchev–Trinajstić information content (AvgIpc) is 2.68. The molecule has 1 aromatic rings. The number of nitrogens with one attached hydrogen (secondary N) is 1. The molecule has 1 aliphatic heterocycles. The minimum absolute atomic E-state index is 0.464. The fourth-order valence-electron chi connectivity index (χ4n) is 2.18. The second-order valence-corrected chi connectivity index (χ2v) is 9.32. The minimum atomic E-state index is 0.464. The van der Waals surface area contributed by atoms with Crippen LogP contribution in [0, 0.1) is 0 Å². The van der Waals surface area contributed by atoms with Gasteiger partial charge in [0.25, 0.3) is 0 Å². The van der Waals surface area contributed by atoms with Gasteiger partial charge in [0.1, 0.15) is 0 Å². The van der Waals surface area contributed by atoms with E-state index in [0.29, 0.717) is 4.75 Å². The van der Waals surface area contributed by atoms with Crippen LogP contribution in [-0.4, -0.2) is 41.6 Å². The molecule has 19 heavy (non-hydrogen) atoms. The van der Waals surface area contributed by atoms with Crippen LogP contribution in [0.3, 0.4) is 0 Å². The lowest BCUT2D eigenvalue weighted by atomic mass is 10.1. The molecule has 1 aromatic heterocycles. The van der Waals surface area contributed by atoms with E-state index in [2.05, 4.69) is 63.2 Å². The summed E-state index contributed by atoms with van der Waals surface area (Å²) in [5.74, 6) is 1.27. The van der Waals surface area contributed by atoms with E-state index in [4.69, 9.17) is 0 Å². The highest BCUT2D eigenvalue weighted by atomic mass is 79.9. The van der Waals surface area contributed by atoms with Gasteiger partial charge in [-0.1, -0.05) is 13.8 Å². The fourth-order valence-corrected chi connectivity index (χ4v) is 4.74. The number of thioether (sulfide) groups is 1. The van der Waals surface area contributed by atoms with E-state index in [-0.39, 0.29) is 0 Å². The van der Waals surface area contributed by atoms with Gasteiger partial charge in [-0.2, -0.15) is 11.8 Å². The number of hydrogen-bond donors (Lipinski definition) is 1. The molecule has 1 fully saturated rings. The van der Waals surface area contributed by atoms with Crippen LogP contribution in [0.25, 0.3) is 0 Å². The Bertz CT molecular complexity index is 393. The van der Waals surface area contributed by atoms with Crippen molar-refractivity contribution in [3.63, 3.8) is 0 Å². The second-order valence-electron chi connectivity index (χ2n) is 5.61. The van der Waals surface area contributed by atoms with Crippen LogP contribution in [-0.2, 0) is 6.54 Å². The van der Waals surface area contributed by atoms with Crippen molar-refractivity contribution in [2.24, 2.45) is 0 Å². The van der Waals surface area contributed by atoms with E-state index in [1.165, 1.54) is 41.2 Å². The Balaban J connectivity index is 1.63. The molecule has 0 saturated carbocycles. The monoisotopic (exact) mass is 362 g/mol. The molecule has 0 aromatic carbocycles. The molecule has 2 rings (SSSR count). The van der Waals surface area contributed by atoms with Crippen molar-refractivity contribution in [1.82, 2.24) is 10.2 Å². The third-order valence-electron chi connectivity index (χ3n) is 3.46. The number of nitrogens with zero attached hydrogens (tertiary/aromatic N) is 1. The quantitative estimate of drug-likeness (QED) is 0.801. The molecule has 0 unspecified atom stereocenters. The molecule has 0 atom stereocenters. The minimum Gasteiger partial charge on any atom is -0.311 e. The fraction of sp³-hybridized carbons (Fsp3) is 0.714. The lowest BCUT2D eigenvalue weighted by Crippen LogP contribution is -2.34. The van der Waals surface area contributed by atoms with Crippen LogP contribution in [0.15, 0.2) is 15.9 Å². The summed E-state index contributed by atoms with van der Waals surface area (Å²) in [5, 5.41) is 5.69. The van der Waals surface area contributed by atoms with Gasteiger partial charge >= 0.3 is 0 Å². The molecule has 1 saturated heterocycles. The lowest BCUT2D eigenvalue weighted by Gasteiger charge is -2.22. The predicted molar refractivity (Wildman–Crippen MR) is 91.3 cm³/mol. The topological polar surface area (TPSA) is 15.3 Å². The van der Waals surface area contributed by atoms with Crippen molar-refractivity contribution in [3.8, 4) is 0 Å². The van der Waals surface area contributed by atoms with E-state index in [1.54, 1.807) is 0 Å². The SMILES string of the molecule is CC1(C)CCN(CCNCc2cc(Br)cs2)CCS1. The summed E-state index contributed by atoms with van der Waals surface area (Å²) in [7, 11) is 0. The Morgan fingerprint density at radius 1 is 1.42 bits per heavy atom. The van der Waals surface area contributed by atoms with Crippen molar-refractivity contribution in [2.45, 2.75) is 31.6 Å². The van der Waals surface area contributed by atoms with Gasteiger partial charge < -0.3 is 10.2 Å². The second kappa shape index (κ2) is 7.46. The number of rotatable bonds is 5. The molecule has 0 amide bonds. The summed E-state index contributed by atoms with van der Waals surface area (Å²) >= 11 is 7.43. The average molecular weight is 363 g/mol. The van der Waals surface area contributed by atoms with Crippen LogP contribution in [0.2, 0.25) is 0 Å². The van der Waals surface area contributed by atoms with Crippen molar-refractivity contribution in [1.29, 1.82) is 0 Å². The molecule has 5 heteroatoms. The van der Waals surface area contributed by atoms with E-state index in [1.807, 2.05) is 11.3 Å². The van der Waals surface area contributed by atoms with E-state index >= 15 is 0 Å². The normalized spacial score (nSPS) is 20.4. The van der Waals surface area contributed by atoms with E-state index in [0.717, 1.165) is 13.1 Å². The van der Waals surface area contributed by atoms with Crippen molar-refractivity contribution in [3.05, 3.63) is 20.8 Å². The van der Waals surface area contributed by atoms with Crippen molar-refractivity contribution in [2.75, 3.05) is 31.9 Å². The first kappa shape index (κ1) is 15.8. The van der Waals surface area contributed by atoms with Crippen LogP contribution in [0.1, 0.15) is 25.1 Å². The van der Waals surface area contributed by atoms with Gasteiger partial charge in [0.05, 0.1) is 0 Å². The van der Waals surface area contributed by atoms with Gasteiger partial charge in [-0.05, 0) is 35.0 Å². The lowest BCUT2D eigenvalue weighted by molar-refractivity contribution is 0.283. The van der Waals surface area contributed by atoms with Crippen LogP contribution >= 0.6 is 39.0 Å². The van der Waals surface area contributed by atoms with Gasteiger partial charge in [0, 0.05) is 51.4 Å². The van der Waals surface area contributed by atoms with Crippen LogP contribution in [0.4, 0.5) is 0 Å². The first-order chi connectivity index (χ1) is 9.05. The zero-order chi connectivity index (χ0) is 13.7. The Morgan fingerprint density at radius 2 is 2.26 bits per heavy atom. The largest absolute Gasteiger partial charge is 0.311 e. The molecule has 1 N–H and O–H groups in total. The molecule has 0 aliphatic carbocycles. The van der Waals surface area contributed by atoms with Crippen molar-refractivity contribution < 1.29 is 0 Å².